The molecule has 0 saturated carbocycles. The molecular formula is C16H19BrN2O3. The summed E-state index contributed by atoms with van der Waals surface area (Å²) in [4.78, 5) is 4.20. The van der Waals surface area contributed by atoms with Crippen LogP contribution in [0.15, 0.2) is 35.1 Å². The predicted octanol–water partition coefficient (Wildman–Crippen LogP) is 3.16. The number of hydrogen-bond donors (Lipinski definition) is 1. The molecule has 118 valence electrons. The number of methoxy groups -OCH3 is 3. The van der Waals surface area contributed by atoms with Gasteiger partial charge in [0.25, 0.3) is 0 Å². The summed E-state index contributed by atoms with van der Waals surface area (Å²) in [5, 5.41) is 3.37. The van der Waals surface area contributed by atoms with Gasteiger partial charge in [0.15, 0.2) is 11.5 Å². The van der Waals surface area contributed by atoms with Crippen molar-refractivity contribution >= 4 is 15.9 Å². The average Bonchev–Trinajstić information content (AvgIpc) is 2.55. The lowest BCUT2D eigenvalue weighted by atomic mass is 10.1. The van der Waals surface area contributed by atoms with Gasteiger partial charge in [0.1, 0.15) is 4.60 Å². The zero-order chi connectivity index (χ0) is 15.9. The van der Waals surface area contributed by atoms with Gasteiger partial charge in [0.05, 0.1) is 21.3 Å². The molecule has 22 heavy (non-hydrogen) atoms. The van der Waals surface area contributed by atoms with Gasteiger partial charge in [-0.3, -0.25) is 0 Å². The first-order chi connectivity index (χ1) is 10.7. The maximum atomic E-state index is 5.46. The third-order valence-corrected chi connectivity index (χ3v) is 3.69. The summed E-state index contributed by atoms with van der Waals surface area (Å²) in [5.74, 6) is 1.94. The smallest absolute Gasteiger partial charge is 0.203 e. The minimum atomic E-state index is 0.606. The Bertz CT molecular complexity index is 618. The largest absolute Gasteiger partial charge is 0.493 e. The fraction of sp³-hybridized carbons (Fsp3) is 0.312. The Morgan fingerprint density at radius 3 is 2.32 bits per heavy atom. The number of pyridine rings is 1. The van der Waals surface area contributed by atoms with E-state index in [2.05, 4.69) is 26.2 Å². The van der Waals surface area contributed by atoms with Crippen LogP contribution in [0.1, 0.15) is 11.1 Å². The van der Waals surface area contributed by atoms with E-state index in [1.165, 1.54) is 0 Å². The number of halogens is 1. The Kier molecular flexibility index (Phi) is 6.03. The summed E-state index contributed by atoms with van der Waals surface area (Å²) in [6, 6.07) is 7.79. The van der Waals surface area contributed by atoms with Crippen LogP contribution in [-0.2, 0) is 13.1 Å². The molecule has 0 unspecified atom stereocenters. The van der Waals surface area contributed by atoms with Crippen molar-refractivity contribution in [3.63, 3.8) is 0 Å². The molecule has 0 fully saturated rings. The molecule has 0 spiro atoms. The third kappa shape index (κ3) is 3.90. The third-order valence-electron chi connectivity index (χ3n) is 3.22. The molecule has 1 N–H and O–H groups in total. The van der Waals surface area contributed by atoms with Crippen molar-refractivity contribution in [2.75, 3.05) is 21.3 Å². The molecule has 2 aromatic rings. The molecule has 0 atom stereocenters. The molecule has 1 aromatic carbocycles. The molecule has 0 aliphatic carbocycles. The van der Waals surface area contributed by atoms with E-state index in [9.17, 15) is 0 Å². The van der Waals surface area contributed by atoms with Gasteiger partial charge in [-0.25, -0.2) is 4.98 Å². The number of nitrogens with zero attached hydrogens (tertiary/aromatic N) is 1. The van der Waals surface area contributed by atoms with Crippen LogP contribution >= 0.6 is 15.9 Å². The van der Waals surface area contributed by atoms with Crippen molar-refractivity contribution in [3.8, 4) is 17.2 Å². The number of nitrogens with one attached hydrogen (secondary N) is 1. The average molecular weight is 367 g/mol. The van der Waals surface area contributed by atoms with E-state index in [1.807, 2.05) is 30.5 Å². The summed E-state index contributed by atoms with van der Waals surface area (Å²) in [6.45, 7) is 1.37. The normalized spacial score (nSPS) is 10.4. The van der Waals surface area contributed by atoms with Crippen LogP contribution in [0.4, 0.5) is 0 Å². The zero-order valence-electron chi connectivity index (χ0n) is 12.9. The first kappa shape index (κ1) is 16.6. The second kappa shape index (κ2) is 8.00. The van der Waals surface area contributed by atoms with E-state index < -0.39 is 0 Å². The van der Waals surface area contributed by atoms with Gasteiger partial charge in [-0.15, -0.1) is 0 Å². The molecule has 0 amide bonds. The summed E-state index contributed by atoms with van der Waals surface area (Å²) in [6.07, 6.45) is 1.84. The molecule has 0 saturated heterocycles. The molecular weight excluding hydrogens is 348 g/mol. The Balaban J connectivity index is 2.07. The molecule has 1 aromatic heterocycles. The summed E-state index contributed by atoms with van der Waals surface area (Å²) in [7, 11) is 4.83. The summed E-state index contributed by atoms with van der Waals surface area (Å²) in [5.41, 5.74) is 2.12. The molecule has 0 aliphatic rings. The maximum Gasteiger partial charge on any atom is 0.203 e. The Morgan fingerprint density at radius 2 is 1.73 bits per heavy atom. The SMILES string of the molecule is COc1ccc(CNCc2ccc(Br)nc2)c(OC)c1OC. The highest BCUT2D eigenvalue weighted by molar-refractivity contribution is 9.10. The summed E-state index contributed by atoms with van der Waals surface area (Å²) < 4.78 is 17.0. The number of hydrogen-bond acceptors (Lipinski definition) is 5. The molecule has 0 bridgehead atoms. The van der Waals surface area contributed by atoms with Crippen molar-refractivity contribution < 1.29 is 14.2 Å². The predicted molar refractivity (Wildman–Crippen MR) is 88.6 cm³/mol. The van der Waals surface area contributed by atoms with E-state index in [-0.39, 0.29) is 0 Å². The van der Waals surface area contributed by atoms with E-state index in [0.29, 0.717) is 23.8 Å². The van der Waals surface area contributed by atoms with Crippen molar-refractivity contribution in [2.24, 2.45) is 0 Å². The highest BCUT2D eigenvalue weighted by Gasteiger charge is 2.15. The quantitative estimate of drug-likeness (QED) is 0.762. The van der Waals surface area contributed by atoms with Crippen LogP contribution in [0.2, 0.25) is 0 Å². The van der Waals surface area contributed by atoms with Crippen LogP contribution in [-0.4, -0.2) is 26.3 Å². The molecule has 2 rings (SSSR count). The second-order valence-corrected chi connectivity index (χ2v) is 5.40. The topological polar surface area (TPSA) is 52.6 Å². The number of aromatic nitrogens is 1. The van der Waals surface area contributed by atoms with Crippen molar-refractivity contribution in [1.82, 2.24) is 10.3 Å². The van der Waals surface area contributed by atoms with Gasteiger partial charge in [-0.2, -0.15) is 0 Å². The lowest BCUT2D eigenvalue weighted by Crippen LogP contribution is -2.14. The number of benzene rings is 1. The van der Waals surface area contributed by atoms with Crippen LogP contribution in [0.3, 0.4) is 0 Å². The monoisotopic (exact) mass is 366 g/mol. The van der Waals surface area contributed by atoms with Crippen molar-refractivity contribution in [1.29, 1.82) is 0 Å². The lowest BCUT2D eigenvalue weighted by Gasteiger charge is -2.16. The van der Waals surface area contributed by atoms with Crippen LogP contribution in [0.5, 0.6) is 17.2 Å². The Morgan fingerprint density at radius 1 is 0.955 bits per heavy atom. The van der Waals surface area contributed by atoms with Gasteiger partial charge in [-0.1, -0.05) is 12.1 Å². The van der Waals surface area contributed by atoms with Crippen molar-refractivity contribution in [2.45, 2.75) is 13.1 Å². The van der Waals surface area contributed by atoms with Gasteiger partial charge in [0, 0.05) is 24.8 Å². The molecule has 0 aliphatic heterocycles. The van der Waals surface area contributed by atoms with E-state index in [1.54, 1.807) is 21.3 Å². The van der Waals surface area contributed by atoms with Crippen LogP contribution in [0, 0.1) is 0 Å². The number of ether oxygens (including phenoxy) is 3. The summed E-state index contributed by atoms with van der Waals surface area (Å²) >= 11 is 3.32. The second-order valence-electron chi connectivity index (χ2n) is 4.59. The highest BCUT2D eigenvalue weighted by Crippen LogP contribution is 2.39. The van der Waals surface area contributed by atoms with E-state index >= 15 is 0 Å². The van der Waals surface area contributed by atoms with Gasteiger partial charge in [0.2, 0.25) is 5.75 Å². The maximum absolute atomic E-state index is 5.46. The fourth-order valence-corrected chi connectivity index (χ4v) is 2.39. The van der Waals surface area contributed by atoms with Gasteiger partial charge < -0.3 is 19.5 Å². The lowest BCUT2D eigenvalue weighted by molar-refractivity contribution is 0.321. The highest BCUT2D eigenvalue weighted by atomic mass is 79.9. The molecule has 1 heterocycles. The van der Waals surface area contributed by atoms with Crippen molar-refractivity contribution in [3.05, 3.63) is 46.2 Å². The molecule has 6 heteroatoms. The van der Waals surface area contributed by atoms with Crippen LogP contribution < -0.4 is 19.5 Å². The van der Waals surface area contributed by atoms with Gasteiger partial charge >= 0.3 is 0 Å². The Labute approximate surface area is 138 Å². The molecule has 0 radical (unpaired) electrons. The molecule has 5 nitrogen and oxygen atoms in total. The minimum Gasteiger partial charge on any atom is -0.493 e. The van der Waals surface area contributed by atoms with Gasteiger partial charge in [-0.05, 0) is 33.6 Å². The standard InChI is InChI=1S/C16H19BrN2O3/c1-20-13-6-5-12(15(21-2)16(13)22-3)10-18-8-11-4-7-14(17)19-9-11/h4-7,9,18H,8,10H2,1-3H3. The first-order valence-corrected chi connectivity index (χ1v) is 7.58. The fourth-order valence-electron chi connectivity index (χ4n) is 2.15. The van der Waals surface area contributed by atoms with E-state index in [0.717, 1.165) is 22.3 Å². The number of rotatable bonds is 7. The first-order valence-electron chi connectivity index (χ1n) is 6.78. The Hall–Kier alpha value is -1.79. The van der Waals surface area contributed by atoms with E-state index in [4.69, 9.17) is 14.2 Å². The van der Waals surface area contributed by atoms with Crippen LogP contribution in [0.25, 0.3) is 0 Å². The zero-order valence-corrected chi connectivity index (χ0v) is 14.4. The minimum absolute atomic E-state index is 0.606.